The van der Waals surface area contributed by atoms with Crippen LogP contribution in [-0.2, 0) is 0 Å². The third kappa shape index (κ3) is 4.28. The first-order valence-electron chi connectivity index (χ1n) is 8.21. The summed E-state index contributed by atoms with van der Waals surface area (Å²) in [5, 5.41) is 7.01. The minimum atomic E-state index is -2.88. The van der Waals surface area contributed by atoms with Gasteiger partial charge in [-0.1, -0.05) is 17.7 Å². The van der Waals surface area contributed by atoms with Crippen molar-refractivity contribution in [3.8, 4) is 11.4 Å². The molecule has 0 fully saturated rings. The summed E-state index contributed by atoms with van der Waals surface area (Å²) in [5.74, 6) is 0.115. The van der Waals surface area contributed by atoms with Gasteiger partial charge in [0.1, 0.15) is 11.6 Å². The van der Waals surface area contributed by atoms with Crippen molar-refractivity contribution in [3.05, 3.63) is 65.2 Å². The van der Waals surface area contributed by atoms with E-state index in [4.69, 9.17) is 0 Å². The van der Waals surface area contributed by atoms with Gasteiger partial charge in [-0.15, -0.1) is 5.10 Å². The SMILES string of the molecule is Cc1ccc(NC(=O)c2nc(C)n(-c3ccc(OC(F)F)cc3)n2)c(C)c1. The van der Waals surface area contributed by atoms with E-state index >= 15 is 0 Å². The summed E-state index contributed by atoms with van der Waals surface area (Å²) < 4.78 is 30.3. The molecule has 1 heterocycles. The number of aromatic nitrogens is 3. The van der Waals surface area contributed by atoms with Gasteiger partial charge < -0.3 is 10.1 Å². The fourth-order valence-electron chi connectivity index (χ4n) is 2.63. The predicted molar refractivity (Wildman–Crippen MR) is 96.6 cm³/mol. The molecular formula is C19H18F2N4O2. The monoisotopic (exact) mass is 372 g/mol. The van der Waals surface area contributed by atoms with Crippen LogP contribution in [0.2, 0.25) is 0 Å². The van der Waals surface area contributed by atoms with Crippen LogP contribution in [0.15, 0.2) is 42.5 Å². The number of alkyl halides is 2. The summed E-state index contributed by atoms with van der Waals surface area (Å²) in [5.41, 5.74) is 3.30. The number of anilines is 1. The maximum absolute atomic E-state index is 12.5. The highest BCUT2D eigenvalue weighted by Gasteiger charge is 2.16. The zero-order valence-corrected chi connectivity index (χ0v) is 15.0. The number of ether oxygens (including phenoxy) is 1. The fourth-order valence-corrected chi connectivity index (χ4v) is 2.63. The van der Waals surface area contributed by atoms with Crippen molar-refractivity contribution < 1.29 is 18.3 Å². The van der Waals surface area contributed by atoms with Crippen LogP contribution in [0.3, 0.4) is 0 Å². The third-order valence-electron chi connectivity index (χ3n) is 3.91. The summed E-state index contributed by atoms with van der Waals surface area (Å²) >= 11 is 0. The number of nitrogens with one attached hydrogen (secondary N) is 1. The zero-order valence-electron chi connectivity index (χ0n) is 15.0. The second-order valence-corrected chi connectivity index (χ2v) is 6.04. The molecule has 0 aliphatic heterocycles. The number of halogens is 2. The van der Waals surface area contributed by atoms with Gasteiger partial charge in [0.2, 0.25) is 5.82 Å². The van der Waals surface area contributed by atoms with E-state index < -0.39 is 12.5 Å². The van der Waals surface area contributed by atoms with Gasteiger partial charge >= 0.3 is 6.61 Å². The number of benzene rings is 2. The van der Waals surface area contributed by atoms with Crippen molar-refractivity contribution in [3.63, 3.8) is 0 Å². The van der Waals surface area contributed by atoms with Gasteiger partial charge in [0.25, 0.3) is 5.91 Å². The Kier molecular flexibility index (Phi) is 5.16. The molecule has 1 N–H and O–H groups in total. The van der Waals surface area contributed by atoms with E-state index in [1.165, 1.54) is 16.8 Å². The van der Waals surface area contributed by atoms with Gasteiger partial charge in [-0.2, -0.15) is 8.78 Å². The molecule has 8 heteroatoms. The molecule has 6 nitrogen and oxygen atoms in total. The number of carbonyl (C=O) groups is 1. The van der Waals surface area contributed by atoms with Crippen LogP contribution in [0.1, 0.15) is 27.6 Å². The summed E-state index contributed by atoms with van der Waals surface area (Å²) in [6.07, 6.45) is 0. The number of rotatable bonds is 5. The highest BCUT2D eigenvalue weighted by Crippen LogP contribution is 2.19. The molecule has 3 aromatic rings. The lowest BCUT2D eigenvalue weighted by Gasteiger charge is -2.07. The third-order valence-corrected chi connectivity index (χ3v) is 3.91. The lowest BCUT2D eigenvalue weighted by Crippen LogP contribution is -2.15. The second kappa shape index (κ2) is 7.53. The topological polar surface area (TPSA) is 69.0 Å². The predicted octanol–water partition coefficient (Wildman–Crippen LogP) is 4.05. The highest BCUT2D eigenvalue weighted by molar-refractivity contribution is 6.02. The summed E-state index contributed by atoms with van der Waals surface area (Å²) in [7, 11) is 0. The molecule has 140 valence electrons. The second-order valence-electron chi connectivity index (χ2n) is 6.04. The van der Waals surface area contributed by atoms with Crippen molar-refractivity contribution in [2.24, 2.45) is 0 Å². The van der Waals surface area contributed by atoms with Gasteiger partial charge in [-0.3, -0.25) is 4.79 Å². The summed E-state index contributed by atoms with van der Waals surface area (Å²) in [4.78, 5) is 16.7. The van der Waals surface area contributed by atoms with Crippen molar-refractivity contribution in [1.82, 2.24) is 14.8 Å². The molecule has 1 aromatic heterocycles. The normalized spacial score (nSPS) is 10.9. The molecule has 3 rings (SSSR count). The quantitative estimate of drug-likeness (QED) is 0.734. The number of hydrogen-bond acceptors (Lipinski definition) is 4. The number of carbonyl (C=O) groups excluding carboxylic acids is 1. The van der Waals surface area contributed by atoms with Crippen LogP contribution >= 0.6 is 0 Å². The maximum atomic E-state index is 12.5. The van der Waals surface area contributed by atoms with Gasteiger partial charge in [0.15, 0.2) is 0 Å². The van der Waals surface area contributed by atoms with Crippen LogP contribution in [0.5, 0.6) is 5.75 Å². The first kappa shape index (κ1) is 18.5. The Morgan fingerprint density at radius 1 is 1.11 bits per heavy atom. The van der Waals surface area contributed by atoms with Crippen LogP contribution in [0, 0.1) is 20.8 Å². The lowest BCUT2D eigenvalue weighted by atomic mass is 10.1. The van der Waals surface area contributed by atoms with Gasteiger partial charge in [-0.05, 0) is 56.7 Å². The van der Waals surface area contributed by atoms with Gasteiger partial charge in [0.05, 0.1) is 5.69 Å². The number of hydrogen-bond donors (Lipinski definition) is 1. The summed E-state index contributed by atoms with van der Waals surface area (Å²) in [6.45, 7) is 2.69. The number of nitrogens with zero attached hydrogens (tertiary/aromatic N) is 3. The smallest absolute Gasteiger partial charge is 0.387 e. The molecule has 0 aliphatic rings. The van der Waals surface area contributed by atoms with E-state index in [0.29, 0.717) is 17.2 Å². The molecule has 0 spiro atoms. The first-order valence-corrected chi connectivity index (χ1v) is 8.21. The van der Waals surface area contributed by atoms with Crippen LogP contribution < -0.4 is 10.1 Å². The van der Waals surface area contributed by atoms with Crippen molar-refractivity contribution in [1.29, 1.82) is 0 Å². The van der Waals surface area contributed by atoms with Crippen LogP contribution in [-0.4, -0.2) is 27.3 Å². The molecule has 0 unspecified atom stereocenters. The van der Waals surface area contributed by atoms with E-state index in [1.807, 2.05) is 32.0 Å². The lowest BCUT2D eigenvalue weighted by molar-refractivity contribution is -0.0498. The largest absolute Gasteiger partial charge is 0.435 e. The van der Waals surface area contributed by atoms with E-state index in [0.717, 1.165) is 11.1 Å². The Bertz CT molecular complexity index is 968. The summed E-state index contributed by atoms with van der Waals surface area (Å²) in [6, 6.07) is 11.6. The Hall–Kier alpha value is -3.29. The van der Waals surface area contributed by atoms with E-state index in [2.05, 4.69) is 20.1 Å². The molecule has 27 heavy (non-hydrogen) atoms. The number of amides is 1. The van der Waals surface area contributed by atoms with Crippen molar-refractivity contribution in [2.75, 3.05) is 5.32 Å². The van der Waals surface area contributed by atoms with Crippen LogP contribution in [0.25, 0.3) is 5.69 Å². The fraction of sp³-hybridized carbons (Fsp3) is 0.211. The standard InChI is InChI=1S/C19H18F2N4O2/c1-11-4-9-16(12(2)10-11)23-18(26)17-22-13(3)25(24-17)14-5-7-15(8-6-14)27-19(20)21/h4-10,19H,1-3H3,(H,23,26). The van der Waals surface area contributed by atoms with Crippen LogP contribution in [0.4, 0.5) is 14.5 Å². The Morgan fingerprint density at radius 3 is 2.44 bits per heavy atom. The van der Waals surface area contributed by atoms with Gasteiger partial charge in [0, 0.05) is 5.69 Å². The molecule has 1 amide bonds. The maximum Gasteiger partial charge on any atom is 0.387 e. The minimum Gasteiger partial charge on any atom is -0.435 e. The Balaban J connectivity index is 1.80. The van der Waals surface area contributed by atoms with E-state index in [1.54, 1.807) is 19.1 Å². The first-order chi connectivity index (χ1) is 12.8. The molecule has 0 saturated heterocycles. The minimum absolute atomic E-state index is 0.0142. The average molecular weight is 372 g/mol. The molecular weight excluding hydrogens is 354 g/mol. The average Bonchev–Trinajstić information content (AvgIpc) is 2.99. The molecule has 0 atom stereocenters. The van der Waals surface area contributed by atoms with Crippen molar-refractivity contribution >= 4 is 11.6 Å². The molecule has 2 aromatic carbocycles. The number of aryl methyl sites for hydroxylation is 3. The van der Waals surface area contributed by atoms with Gasteiger partial charge in [-0.25, -0.2) is 9.67 Å². The molecule has 0 saturated carbocycles. The molecule has 0 aliphatic carbocycles. The van der Waals surface area contributed by atoms with E-state index in [9.17, 15) is 13.6 Å². The molecule has 0 radical (unpaired) electrons. The Labute approximate surface area is 154 Å². The Morgan fingerprint density at radius 2 is 1.81 bits per heavy atom. The van der Waals surface area contributed by atoms with E-state index in [-0.39, 0.29) is 11.6 Å². The molecule has 0 bridgehead atoms. The van der Waals surface area contributed by atoms with Crippen molar-refractivity contribution in [2.45, 2.75) is 27.4 Å². The highest BCUT2D eigenvalue weighted by atomic mass is 19.3. The zero-order chi connectivity index (χ0) is 19.6.